The van der Waals surface area contributed by atoms with Crippen LogP contribution in [0.5, 0.6) is 0 Å². The van der Waals surface area contributed by atoms with Gasteiger partial charge >= 0.3 is 0 Å². The second-order valence-corrected chi connectivity index (χ2v) is 7.92. The second kappa shape index (κ2) is 10.2. The van der Waals surface area contributed by atoms with Crippen molar-refractivity contribution in [2.75, 3.05) is 52.1 Å². The molecule has 2 heterocycles. The van der Waals surface area contributed by atoms with Crippen LogP contribution in [0.2, 0.25) is 0 Å². The number of rotatable bonds is 4. The zero-order valence-electron chi connectivity index (χ0n) is 14.5. The summed E-state index contributed by atoms with van der Waals surface area (Å²) in [6, 6.07) is 0. The van der Waals surface area contributed by atoms with Crippen molar-refractivity contribution in [1.82, 2.24) is 15.1 Å². The van der Waals surface area contributed by atoms with E-state index in [0.717, 1.165) is 42.7 Å². The molecule has 2 saturated heterocycles. The fourth-order valence-corrected chi connectivity index (χ4v) is 4.50. The average Bonchev–Trinajstić information content (AvgIpc) is 2.96. The first-order valence-corrected chi connectivity index (χ1v) is 9.48. The third-order valence-electron chi connectivity index (χ3n) is 4.71. The van der Waals surface area contributed by atoms with Gasteiger partial charge in [0, 0.05) is 44.2 Å². The third-order valence-corrected chi connectivity index (χ3v) is 6.25. The number of hydrogen-bond donors (Lipinski definition) is 1. The normalized spacial score (nSPS) is 27.1. The van der Waals surface area contributed by atoms with Gasteiger partial charge in [0.05, 0.1) is 0 Å². The fraction of sp³-hybridized carbons (Fsp3) is 0.938. The lowest BCUT2D eigenvalue weighted by atomic mass is 10.1. The van der Waals surface area contributed by atoms with E-state index in [1.165, 1.54) is 31.8 Å². The molecule has 2 unspecified atom stereocenters. The van der Waals surface area contributed by atoms with Gasteiger partial charge in [-0.05, 0) is 31.3 Å². The van der Waals surface area contributed by atoms with Crippen molar-refractivity contribution in [3.63, 3.8) is 0 Å². The van der Waals surface area contributed by atoms with Crippen LogP contribution in [0.15, 0.2) is 4.99 Å². The molecule has 130 valence electrons. The van der Waals surface area contributed by atoms with Gasteiger partial charge in [-0.2, -0.15) is 11.8 Å². The van der Waals surface area contributed by atoms with Crippen LogP contribution >= 0.6 is 35.7 Å². The summed E-state index contributed by atoms with van der Waals surface area (Å²) in [4.78, 5) is 9.51. The second-order valence-electron chi connectivity index (χ2n) is 6.58. The Morgan fingerprint density at radius 3 is 2.68 bits per heavy atom. The van der Waals surface area contributed by atoms with E-state index >= 15 is 0 Å². The topological polar surface area (TPSA) is 30.9 Å². The largest absolute Gasteiger partial charge is 0.356 e. The lowest BCUT2D eigenvalue weighted by Gasteiger charge is -2.36. The Hall–Kier alpha value is 0.310. The number of guanidine groups is 1. The summed E-state index contributed by atoms with van der Waals surface area (Å²) < 4.78 is 0. The molecule has 0 aromatic heterocycles. The minimum Gasteiger partial charge on any atom is -0.356 e. The molecule has 0 aliphatic carbocycles. The third kappa shape index (κ3) is 5.74. The molecule has 2 aliphatic heterocycles. The molecule has 0 aromatic rings. The molecule has 0 bridgehead atoms. The van der Waals surface area contributed by atoms with E-state index in [9.17, 15) is 0 Å². The van der Waals surface area contributed by atoms with Gasteiger partial charge in [0.2, 0.25) is 0 Å². The first kappa shape index (κ1) is 20.4. The molecule has 1 N–H and O–H groups in total. The van der Waals surface area contributed by atoms with Crippen molar-refractivity contribution in [2.45, 2.75) is 32.4 Å². The van der Waals surface area contributed by atoms with E-state index in [2.05, 4.69) is 52.6 Å². The predicted octanol–water partition coefficient (Wildman–Crippen LogP) is 2.60. The summed E-state index contributed by atoms with van der Waals surface area (Å²) in [7, 11) is 1.92. The number of thioether (sulfide) groups is 1. The van der Waals surface area contributed by atoms with Crippen molar-refractivity contribution >= 4 is 41.7 Å². The monoisotopic (exact) mass is 440 g/mol. The molecule has 2 rings (SSSR count). The number of hydrogen-bond acceptors (Lipinski definition) is 3. The number of likely N-dealkylation sites (tertiary alicyclic amines) is 1. The van der Waals surface area contributed by atoms with Crippen molar-refractivity contribution in [2.24, 2.45) is 16.8 Å². The Balaban J connectivity index is 0.00000242. The molecule has 4 nitrogen and oxygen atoms in total. The average molecular weight is 440 g/mol. The van der Waals surface area contributed by atoms with Crippen LogP contribution in [-0.4, -0.2) is 73.1 Å². The summed E-state index contributed by atoms with van der Waals surface area (Å²) in [6.07, 6.45) is 1.32. The molecule has 2 atom stereocenters. The maximum atomic E-state index is 4.51. The van der Waals surface area contributed by atoms with E-state index < -0.39 is 0 Å². The molecule has 0 amide bonds. The summed E-state index contributed by atoms with van der Waals surface area (Å²) >= 11 is 2.12. The van der Waals surface area contributed by atoms with Crippen LogP contribution in [0.1, 0.15) is 27.2 Å². The summed E-state index contributed by atoms with van der Waals surface area (Å²) in [6.45, 7) is 13.9. The van der Waals surface area contributed by atoms with Crippen LogP contribution < -0.4 is 5.32 Å². The summed E-state index contributed by atoms with van der Waals surface area (Å²) in [5, 5.41) is 4.36. The van der Waals surface area contributed by atoms with E-state index in [0.29, 0.717) is 0 Å². The standard InChI is InChI=1S/C16H32N4S.HI/c1-5-19-7-6-14(11-19)10-18-16(17-4)20-8-9-21-15(12-20)13(2)3;/h13-15H,5-12H2,1-4H3,(H,17,18);1H. The predicted molar refractivity (Wildman–Crippen MR) is 110 cm³/mol. The van der Waals surface area contributed by atoms with Crippen LogP contribution in [0.25, 0.3) is 0 Å². The highest BCUT2D eigenvalue weighted by molar-refractivity contribution is 14.0. The molecule has 2 fully saturated rings. The SMILES string of the molecule is CCN1CCC(CNC(=NC)N2CCSC(C(C)C)C2)C1.I. The molecule has 22 heavy (non-hydrogen) atoms. The molecular weight excluding hydrogens is 407 g/mol. The quantitative estimate of drug-likeness (QED) is 0.414. The summed E-state index contributed by atoms with van der Waals surface area (Å²) in [5.74, 6) is 3.85. The van der Waals surface area contributed by atoms with E-state index in [-0.39, 0.29) is 24.0 Å². The number of nitrogens with one attached hydrogen (secondary N) is 1. The molecule has 2 aliphatic rings. The minimum absolute atomic E-state index is 0. The van der Waals surface area contributed by atoms with Gasteiger partial charge in [-0.1, -0.05) is 20.8 Å². The maximum Gasteiger partial charge on any atom is 0.193 e. The Labute approximate surface area is 157 Å². The first-order valence-electron chi connectivity index (χ1n) is 8.43. The number of aliphatic imine (C=N–C) groups is 1. The Bertz CT molecular complexity index is 351. The van der Waals surface area contributed by atoms with Crippen molar-refractivity contribution in [3.05, 3.63) is 0 Å². The lowest BCUT2D eigenvalue weighted by Crippen LogP contribution is -2.50. The number of nitrogens with zero attached hydrogens (tertiary/aromatic N) is 3. The fourth-order valence-electron chi connectivity index (χ4n) is 3.21. The van der Waals surface area contributed by atoms with Gasteiger partial charge in [0.25, 0.3) is 0 Å². The zero-order chi connectivity index (χ0) is 15.2. The van der Waals surface area contributed by atoms with Crippen molar-refractivity contribution < 1.29 is 0 Å². The smallest absolute Gasteiger partial charge is 0.193 e. The molecular formula is C16H33IN4S. The van der Waals surface area contributed by atoms with Crippen molar-refractivity contribution in [1.29, 1.82) is 0 Å². The van der Waals surface area contributed by atoms with Crippen molar-refractivity contribution in [3.8, 4) is 0 Å². The molecule has 0 spiro atoms. The van der Waals surface area contributed by atoms with Crippen LogP contribution in [0.3, 0.4) is 0 Å². The van der Waals surface area contributed by atoms with Crippen LogP contribution in [0.4, 0.5) is 0 Å². The Morgan fingerprint density at radius 1 is 1.32 bits per heavy atom. The van der Waals surface area contributed by atoms with Gasteiger partial charge in [0.15, 0.2) is 5.96 Å². The van der Waals surface area contributed by atoms with Crippen LogP contribution in [0, 0.1) is 11.8 Å². The van der Waals surface area contributed by atoms with Gasteiger partial charge < -0.3 is 15.1 Å². The Kier molecular flexibility index (Phi) is 9.47. The lowest BCUT2D eigenvalue weighted by molar-refractivity contribution is 0.338. The highest BCUT2D eigenvalue weighted by atomic mass is 127. The van der Waals surface area contributed by atoms with E-state index in [4.69, 9.17) is 0 Å². The highest BCUT2D eigenvalue weighted by Gasteiger charge is 2.26. The minimum atomic E-state index is 0. The zero-order valence-corrected chi connectivity index (χ0v) is 17.7. The molecule has 0 aromatic carbocycles. The van der Waals surface area contributed by atoms with Gasteiger partial charge in [-0.25, -0.2) is 0 Å². The van der Waals surface area contributed by atoms with Crippen LogP contribution in [-0.2, 0) is 0 Å². The summed E-state index contributed by atoms with van der Waals surface area (Å²) in [5.41, 5.74) is 0. The van der Waals surface area contributed by atoms with E-state index in [1.54, 1.807) is 0 Å². The maximum absolute atomic E-state index is 4.51. The highest BCUT2D eigenvalue weighted by Crippen LogP contribution is 2.25. The van der Waals surface area contributed by atoms with Gasteiger partial charge in [-0.15, -0.1) is 24.0 Å². The molecule has 0 saturated carbocycles. The van der Waals surface area contributed by atoms with Gasteiger partial charge in [0.1, 0.15) is 0 Å². The number of halogens is 1. The molecule has 6 heteroatoms. The molecule has 0 radical (unpaired) electrons. The Morgan fingerprint density at radius 2 is 2.09 bits per heavy atom. The first-order chi connectivity index (χ1) is 10.1. The van der Waals surface area contributed by atoms with Gasteiger partial charge in [-0.3, -0.25) is 4.99 Å². The van der Waals surface area contributed by atoms with E-state index in [1.807, 2.05) is 7.05 Å².